The maximum Gasteiger partial charge on any atom is 0.306 e. The van der Waals surface area contributed by atoms with Crippen molar-refractivity contribution in [2.45, 2.75) is 74.5 Å². The van der Waals surface area contributed by atoms with Crippen LogP contribution in [0, 0.1) is 11.7 Å². The molecule has 3 aliphatic carbocycles. The van der Waals surface area contributed by atoms with Gasteiger partial charge in [0.1, 0.15) is 11.4 Å². The Morgan fingerprint density at radius 2 is 1.97 bits per heavy atom. The highest BCUT2D eigenvalue weighted by Crippen LogP contribution is 2.66. The van der Waals surface area contributed by atoms with Crippen molar-refractivity contribution in [2.75, 3.05) is 13.1 Å². The van der Waals surface area contributed by atoms with Gasteiger partial charge in [0.25, 0.3) is 0 Å². The molecule has 6 nitrogen and oxygen atoms in total. The van der Waals surface area contributed by atoms with Gasteiger partial charge in [-0.05, 0) is 80.3 Å². The lowest BCUT2D eigenvalue weighted by molar-refractivity contribution is -0.216. The van der Waals surface area contributed by atoms with Crippen LogP contribution in [0.4, 0.5) is 4.39 Å². The van der Waals surface area contributed by atoms with Crippen molar-refractivity contribution in [3.05, 3.63) is 58.9 Å². The Morgan fingerprint density at radius 3 is 2.75 bits per heavy atom. The summed E-state index contributed by atoms with van der Waals surface area (Å²) in [5.41, 5.74) is 1.18. The number of ether oxygens (including phenoxy) is 2. The first-order valence-corrected chi connectivity index (χ1v) is 13.2. The predicted octanol–water partition coefficient (Wildman–Crippen LogP) is 3.85. The van der Waals surface area contributed by atoms with Crippen molar-refractivity contribution >= 4 is 11.8 Å². The van der Waals surface area contributed by atoms with Crippen LogP contribution < -0.4 is 4.74 Å². The van der Waals surface area contributed by atoms with Crippen molar-refractivity contribution in [1.29, 1.82) is 0 Å². The van der Waals surface area contributed by atoms with Crippen molar-refractivity contribution in [1.82, 2.24) is 4.90 Å². The summed E-state index contributed by atoms with van der Waals surface area (Å²) in [6, 6.07) is 9.76. The van der Waals surface area contributed by atoms with E-state index in [0.717, 1.165) is 29.8 Å². The van der Waals surface area contributed by atoms with Crippen LogP contribution >= 0.6 is 0 Å². The van der Waals surface area contributed by atoms with Crippen LogP contribution in [-0.4, -0.2) is 52.6 Å². The number of nitrogens with zero attached hydrogens (tertiary/aromatic N) is 1. The van der Waals surface area contributed by atoms with Gasteiger partial charge in [0.05, 0.1) is 11.5 Å². The van der Waals surface area contributed by atoms with Crippen LogP contribution in [0.5, 0.6) is 11.5 Å². The molecule has 0 amide bonds. The van der Waals surface area contributed by atoms with E-state index in [1.54, 1.807) is 18.2 Å². The highest BCUT2D eigenvalue weighted by Gasteiger charge is 2.75. The van der Waals surface area contributed by atoms with Gasteiger partial charge >= 0.3 is 5.97 Å². The number of esters is 1. The molecule has 1 N–H and O–H groups in total. The van der Waals surface area contributed by atoms with Crippen LogP contribution in [0.2, 0.25) is 0 Å². The van der Waals surface area contributed by atoms with Crippen molar-refractivity contribution in [2.24, 2.45) is 5.92 Å². The third kappa shape index (κ3) is 3.04. The zero-order chi connectivity index (χ0) is 24.7. The first-order valence-electron chi connectivity index (χ1n) is 13.2. The molecular formula is C29H30FNO5. The van der Waals surface area contributed by atoms with Crippen molar-refractivity contribution in [3.63, 3.8) is 0 Å². The molecule has 2 aromatic rings. The van der Waals surface area contributed by atoms with E-state index in [2.05, 4.69) is 4.90 Å². The molecule has 7 heteroatoms. The number of aromatic hydroxyl groups is 1. The lowest BCUT2D eigenvalue weighted by atomic mass is 9.48. The number of halogens is 1. The molecule has 2 aliphatic heterocycles. The maximum atomic E-state index is 13.5. The maximum absolute atomic E-state index is 13.5. The SMILES string of the molecule is O=C(CCc1ccc(F)cc1)O[C@@]12CCC(=O)[C@@H]3Oc4c(O)ccc5c4[C@@]31CCN(CC1CC1)C2C5. The molecule has 4 atom stereocenters. The Morgan fingerprint density at radius 1 is 1.17 bits per heavy atom. The third-order valence-electron chi connectivity index (χ3n) is 9.35. The molecule has 1 unspecified atom stereocenters. The minimum atomic E-state index is -0.884. The fourth-order valence-electron chi connectivity index (χ4n) is 7.59. The second-order valence-corrected chi connectivity index (χ2v) is 11.3. The summed E-state index contributed by atoms with van der Waals surface area (Å²) in [6.45, 7) is 1.80. The molecule has 188 valence electrons. The highest BCUT2D eigenvalue weighted by atomic mass is 19.1. The molecular weight excluding hydrogens is 461 g/mol. The first-order chi connectivity index (χ1) is 17.4. The summed E-state index contributed by atoms with van der Waals surface area (Å²) in [5.74, 6) is 0.534. The topological polar surface area (TPSA) is 76.1 Å². The average Bonchev–Trinajstić information content (AvgIpc) is 3.61. The summed E-state index contributed by atoms with van der Waals surface area (Å²) >= 11 is 0. The minimum Gasteiger partial charge on any atom is -0.504 e. The van der Waals surface area contributed by atoms with E-state index < -0.39 is 17.1 Å². The molecule has 2 aromatic carbocycles. The third-order valence-corrected chi connectivity index (χ3v) is 9.35. The monoisotopic (exact) mass is 491 g/mol. The quantitative estimate of drug-likeness (QED) is 0.619. The zero-order valence-electron chi connectivity index (χ0n) is 20.2. The van der Waals surface area contributed by atoms with E-state index in [4.69, 9.17) is 9.47 Å². The molecule has 3 fully saturated rings. The van der Waals surface area contributed by atoms with Gasteiger partial charge in [-0.1, -0.05) is 18.2 Å². The number of piperidine rings is 1. The summed E-state index contributed by atoms with van der Waals surface area (Å²) in [7, 11) is 0. The van der Waals surface area contributed by atoms with Crippen LogP contribution in [0.1, 0.15) is 55.2 Å². The summed E-state index contributed by atoms with van der Waals surface area (Å²) in [4.78, 5) is 29.2. The number of rotatable bonds is 6. The number of carbonyl (C=O) groups is 2. The second kappa shape index (κ2) is 7.78. The Balaban J connectivity index is 1.29. The number of ketones is 1. The highest BCUT2D eigenvalue weighted by molar-refractivity contribution is 5.90. The van der Waals surface area contributed by atoms with Crippen LogP contribution in [0.25, 0.3) is 0 Å². The van der Waals surface area contributed by atoms with Crippen LogP contribution in [0.15, 0.2) is 36.4 Å². The number of benzene rings is 2. The summed E-state index contributed by atoms with van der Waals surface area (Å²) < 4.78 is 26.2. The van der Waals surface area contributed by atoms with Crippen LogP contribution in [0.3, 0.4) is 0 Å². The molecule has 5 aliphatic rings. The Labute approximate surface area is 209 Å². The van der Waals surface area contributed by atoms with Gasteiger partial charge in [-0.15, -0.1) is 0 Å². The smallest absolute Gasteiger partial charge is 0.306 e. The number of carbonyl (C=O) groups excluding carboxylic acids is 2. The predicted molar refractivity (Wildman–Crippen MR) is 128 cm³/mol. The zero-order valence-corrected chi connectivity index (χ0v) is 20.2. The Kier molecular flexibility index (Phi) is 4.82. The Hall–Kier alpha value is -2.93. The number of phenolic OH excluding ortho intramolecular Hbond substituents is 1. The number of hydrogen-bond acceptors (Lipinski definition) is 6. The number of Topliss-reactive ketones (excluding diaryl/α,β-unsaturated/α-hetero) is 1. The standard InChI is InChI=1S/C29H30FNO5/c30-20-7-3-17(4-8-20)5-10-24(34)36-29-12-11-22(33)27-28(29)13-14-31(16-18-1-2-18)23(29)15-19-6-9-21(32)26(35-27)25(19)28/h3-4,6-9,18,23,27,32H,1-2,5,10-16H2/t23?,27-,28-,29+/m0/s1. The van der Waals surface area contributed by atoms with Gasteiger partial charge in [-0.2, -0.15) is 0 Å². The van der Waals surface area contributed by atoms with E-state index in [-0.39, 0.29) is 42.2 Å². The fourth-order valence-corrected chi connectivity index (χ4v) is 7.59. The second-order valence-electron chi connectivity index (χ2n) is 11.3. The Bertz CT molecular complexity index is 1260. The van der Waals surface area contributed by atoms with Gasteiger partial charge < -0.3 is 14.6 Å². The van der Waals surface area contributed by atoms with Crippen molar-refractivity contribution < 1.29 is 28.6 Å². The molecule has 2 saturated carbocycles. The van der Waals surface area contributed by atoms with E-state index >= 15 is 0 Å². The van der Waals surface area contributed by atoms with Gasteiger partial charge in [0.2, 0.25) is 0 Å². The van der Waals surface area contributed by atoms with E-state index in [1.807, 2.05) is 6.07 Å². The average molecular weight is 492 g/mol. The van der Waals surface area contributed by atoms with E-state index in [9.17, 15) is 19.1 Å². The van der Waals surface area contributed by atoms with Crippen molar-refractivity contribution in [3.8, 4) is 11.5 Å². The molecule has 7 rings (SSSR count). The molecule has 2 bridgehead atoms. The lowest BCUT2D eigenvalue weighted by Crippen LogP contribution is -2.77. The number of likely N-dealkylation sites (tertiary alicyclic amines) is 1. The molecule has 36 heavy (non-hydrogen) atoms. The number of phenols is 1. The molecule has 0 radical (unpaired) electrons. The first kappa shape index (κ1) is 22.3. The number of hydrogen-bond donors (Lipinski definition) is 1. The van der Waals surface area contributed by atoms with Gasteiger partial charge in [-0.3, -0.25) is 14.5 Å². The van der Waals surface area contributed by atoms with Crippen LogP contribution in [-0.2, 0) is 32.6 Å². The molecule has 2 heterocycles. The summed E-state index contributed by atoms with van der Waals surface area (Å²) in [6.07, 6.45) is 4.47. The van der Waals surface area contributed by atoms with Gasteiger partial charge in [-0.25, -0.2) is 4.39 Å². The fraction of sp³-hybridized carbons (Fsp3) is 0.517. The summed E-state index contributed by atoms with van der Waals surface area (Å²) in [5, 5.41) is 10.7. The minimum absolute atomic E-state index is 0.0193. The largest absolute Gasteiger partial charge is 0.504 e. The molecule has 1 spiro atoms. The molecule has 1 saturated heterocycles. The number of aryl methyl sites for hydroxylation is 1. The van der Waals surface area contributed by atoms with Gasteiger partial charge in [0.15, 0.2) is 23.4 Å². The normalized spacial score (nSPS) is 32.1. The molecule has 0 aromatic heterocycles. The van der Waals surface area contributed by atoms with E-state index in [1.165, 1.54) is 25.0 Å². The van der Waals surface area contributed by atoms with E-state index in [0.29, 0.717) is 37.4 Å². The van der Waals surface area contributed by atoms with Gasteiger partial charge in [0, 0.05) is 24.9 Å². The lowest BCUT2D eigenvalue weighted by Gasteiger charge is -2.63.